The Morgan fingerprint density at radius 1 is 1.13 bits per heavy atom. The van der Waals surface area contributed by atoms with Crippen molar-refractivity contribution < 1.29 is 9.53 Å². The van der Waals surface area contributed by atoms with Crippen LogP contribution in [0.3, 0.4) is 0 Å². The summed E-state index contributed by atoms with van der Waals surface area (Å²) in [5, 5.41) is 10.9. The fourth-order valence-corrected chi connectivity index (χ4v) is 7.01. The van der Waals surface area contributed by atoms with Crippen molar-refractivity contribution >= 4 is 8.32 Å². The van der Waals surface area contributed by atoms with Gasteiger partial charge in [0.1, 0.15) is 11.5 Å². The van der Waals surface area contributed by atoms with Crippen LogP contribution in [0.4, 0.5) is 0 Å². The average Bonchev–Trinajstić information content (AvgIpc) is 2.58. The highest BCUT2D eigenvalue weighted by molar-refractivity contribution is 6.74. The number of aromatic hydroxyl groups is 1. The Balaban J connectivity index is 1.91. The van der Waals surface area contributed by atoms with Crippen LogP contribution in [0, 0.1) is 22.7 Å². The summed E-state index contributed by atoms with van der Waals surface area (Å²) < 4.78 is 6.56. The number of allylic oxidation sites excluding steroid dienone is 2. The Hall–Kier alpha value is -1.22. The van der Waals surface area contributed by atoms with E-state index in [0.717, 1.165) is 17.7 Å². The van der Waals surface area contributed by atoms with Gasteiger partial charge >= 0.3 is 0 Å². The first-order valence-electron chi connectivity index (χ1n) is 11.8. The third-order valence-electron chi connectivity index (χ3n) is 8.95. The zero-order valence-electron chi connectivity index (χ0n) is 20.9. The van der Waals surface area contributed by atoms with Crippen molar-refractivity contribution in [3.05, 3.63) is 35.4 Å². The number of hydrogen-bond donors (Lipinski definition) is 1. The van der Waals surface area contributed by atoms with Crippen LogP contribution in [-0.4, -0.2) is 13.4 Å². The van der Waals surface area contributed by atoms with Crippen molar-refractivity contribution in [1.82, 2.24) is 0 Å². The minimum absolute atomic E-state index is 0.155. The highest BCUT2D eigenvalue weighted by atomic mass is 28.4. The van der Waals surface area contributed by atoms with Crippen molar-refractivity contribution in [2.75, 3.05) is 0 Å². The molecule has 1 saturated carbocycles. The van der Waals surface area contributed by atoms with E-state index in [0.29, 0.717) is 28.4 Å². The van der Waals surface area contributed by atoms with Crippen molar-refractivity contribution in [2.24, 2.45) is 22.7 Å². The molecule has 2 nitrogen and oxygen atoms in total. The lowest BCUT2D eigenvalue weighted by Crippen LogP contribution is -2.49. The van der Waals surface area contributed by atoms with Gasteiger partial charge < -0.3 is 9.53 Å². The maximum atomic E-state index is 10.7. The Morgan fingerprint density at radius 2 is 1.80 bits per heavy atom. The largest absolute Gasteiger partial charge is 0.543 e. The monoisotopic (exact) mass is 428 g/mol. The number of phenols is 1. The van der Waals surface area contributed by atoms with E-state index < -0.39 is 8.32 Å². The molecule has 3 rings (SSSR count). The molecule has 1 aromatic rings. The van der Waals surface area contributed by atoms with Crippen LogP contribution in [0.5, 0.6) is 11.5 Å². The number of hydrogen-bond acceptors (Lipinski definition) is 2. The van der Waals surface area contributed by atoms with Crippen LogP contribution < -0.4 is 4.43 Å². The molecule has 0 unspecified atom stereocenters. The van der Waals surface area contributed by atoms with Gasteiger partial charge in [0.15, 0.2) is 0 Å². The van der Waals surface area contributed by atoms with E-state index >= 15 is 0 Å². The first kappa shape index (κ1) is 23.4. The highest BCUT2D eigenvalue weighted by Gasteiger charge is 2.51. The van der Waals surface area contributed by atoms with Crippen molar-refractivity contribution in [3.63, 3.8) is 0 Å². The molecule has 0 spiro atoms. The zero-order valence-corrected chi connectivity index (χ0v) is 21.9. The van der Waals surface area contributed by atoms with Crippen molar-refractivity contribution in [3.8, 4) is 11.5 Å². The molecule has 1 N–H and O–H groups in total. The van der Waals surface area contributed by atoms with Gasteiger partial charge in [-0.05, 0) is 97.2 Å². The number of rotatable bonds is 4. The number of fused-ring (bicyclic) bond motifs is 1. The van der Waals surface area contributed by atoms with Gasteiger partial charge in [-0.15, -0.1) is 0 Å². The standard InChI is InChI=1S/C27H44O2Si/c1-19-11-14-24-26(5,6)15-10-16-27(24,7)22(19)18-20-17-21(12-13-23(20)28)29-30(8,9)25(2,3)4/h11-13,17,22,24,28H,10,14-16,18H2,1-9H3/t22-,24-,27+/m0/s1. The SMILES string of the molecule is CC1=CC[C@H]2C(C)(C)CCC[C@]2(C)[C@H]1Cc1cc(O[Si](C)(C)C(C)(C)C)ccc1O. The summed E-state index contributed by atoms with van der Waals surface area (Å²) in [5.41, 5.74) is 3.22. The second kappa shape index (κ2) is 7.72. The second-order valence-corrected chi connectivity index (χ2v) is 17.2. The lowest BCUT2D eigenvalue weighted by atomic mass is 9.48. The van der Waals surface area contributed by atoms with E-state index in [9.17, 15) is 5.11 Å². The molecule has 0 amide bonds. The minimum atomic E-state index is -1.91. The van der Waals surface area contributed by atoms with E-state index in [1.54, 1.807) is 0 Å². The smallest absolute Gasteiger partial charge is 0.250 e. The molecule has 0 heterocycles. The zero-order chi connectivity index (χ0) is 22.5. The quantitative estimate of drug-likeness (QED) is 0.387. The number of phenolic OH excluding ortho intramolecular Hbond substituents is 1. The summed E-state index contributed by atoms with van der Waals surface area (Å²) in [6, 6.07) is 5.89. The summed E-state index contributed by atoms with van der Waals surface area (Å²) in [5.74, 6) is 2.51. The van der Waals surface area contributed by atoms with E-state index in [1.807, 2.05) is 12.1 Å². The predicted molar refractivity (Wildman–Crippen MR) is 131 cm³/mol. The van der Waals surface area contributed by atoms with Crippen LogP contribution in [0.25, 0.3) is 0 Å². The topological polar surface area (TPSA) is 29.5 Å². The summed E-state index contributed by atoms with van der Waals surface area (Å²) in [7, 11) is -1.91. The normalized spacial score (nSPS) is 29.2. The van der Waals surface area contributed by atoms with Gasteiger partial charge in [-0.1, -0.05) is 59.6 Å². The predicted octanol–water partition coefficient (Wildman–Crippen LogP) is 8.12. The second-order valence-electron chi connectivity index (χ2n) is 12.5. The first-order chi connectivity index (χ1) is 13.7. The molecule has 3 atom stereocenters. The maximum Gasteiger partial charge on any atom is 0.250 e. The molecular formula is C27H44O2Si. The molecule has 0 aliphatic heterocycles. The van der Waals surface area contributed by atoms with Gasteiger partial charge in [0, 0.05) is 0 Å². The Kier molecular flexibility index (Phi) is 6.04. The van der Waals surface area contributed by atoms with Crippen molar-refractivity contribution in [2.45, 2.75) is 98.7 Å². The van der Waals surface area contributed by atoms with E-state index in [1.165, 1.54) is 31.3 Å². The average molecular weight is 429 g/mol. The van der Waals surface area contributed by atoms with Gasteiger partial charge in [0.2, 0.25) is 8.32 Å². The molecule has 30 heavy (non-hydrogen) atoms. The first-order valence-corrected chi connectivity index (χ1v) is 14.8. The maximum absolute atomic E-state index is 10.7. The molecule has 0 radical (unpaired) electrons. The van der Waals surface area contributed by atoms with Gasteiger partial charge in [-0.3, -0.25) is 0 Å². The van der Waals surface area contributed by atoms with Gasteiger partial charge in [0.05, 0.1) is 0 Å². The fraction of sp³-hybridized carbons (Fsp3) is 0.704. The minimum Gasteiger partial charge on any atom is -0.543 e. The molecular weight excluding hydrogens is 384 g/mol. The van der Waals surface area contributed by atoms with Crippen LogP contribution in [-0.2, 0) is 6.42 Å². The highest BCUT2D eigenvalue weighted by Crippen LogP contribution is 2.60. The Morgan fingerprint density at radius 3 is 2.43 bits per heavy atom. The van der Waals surface area contributed by atoms with Crippen LogP contribution >= 0.6 is 0 Å². The number of benzene rings is 1. The molecule has 2 aliphatic rings. The van der Waals surface area contributed by atoms with Gasteiger partial charge in [0.25, 0.3) is 0 Å². The molecule has 2 aliphatic carbocycles. The summed E-state index contributed by atoms with van der Waals surface area (Å²) in [6.07, 6.45) is 8.51. The van der Waals surface area contributed by atoms with E-state index in [4.69, 9.17) is 4.43 Å². The van der Waals surface area contributed by atoms with E-state index in [2.05, 4.69) is 73.7 Å². The molecule has 1 aromatic carbocycles. The van der Waals surface area contributed by atoms with Gasteiger partial charge in [-0.25, -0.2) is 0 Å². The lowest BCUT2D eigenvalue weighted by Gasteiger charge is -2.57. The molecule has 0 aromatic heterocycles. The van der Waals surface area contributed by atoms with Crippen LogP contribution in [0.1, 0.15) is 79.7 Å². The Labute approximate surface area is 186 Å². The fourth-order valence-electron chi connectivity index (χ4n) is 5.99. The van der Waals surface area contributed by atoms with Gasteiger partial charge in [-0.2, -0.15) is 0 Å². The lowest BCUT2D eigenvalue weighted by molar-refractivity contribution is -0.0369. The summed E-state index contributed by atoms with van der Waals surface area (Å²) in [6.45, 7) is 21.1. The third-order valence-corrected chi connectivity index (χ3v) is 13.3. The molecule has 3 heteroatoms. The Bertz CT molecular complexity index is 815. The molecule has 168 valence electrons. The molecule has 0 bridgehead atoms. The van der Waals surface area contributed by atoms with Crippen LogP contribution in [0.15, 0.2) is 29.8 Å². The van der Waals surface area contributed by atoms with Crippen LogP contribution in [0.2, 0.25) is 18.1 Å². The molecule has 1 fully saturated rings. The summed E-state index contributed by atoms with van der Waals surface area (Å²) >= 11 is 0. The van der Waals surface area contributed by atoms with Crippen molar-refractivity contribution in [1.29, 1.82) is 0 Å². The third kappa shape index (κ3) is 4.24. The molecule has 0 saturated heterocycles. The summed E-state index contributed by atoms with van der Waals surface area (Å²) in [4.78, 5) is 0. The van der Waals surface area contributed by atoms with E-state index in [-0.39, 0.29) is 5.04 Å².